The van der Waals surface area contributed by atoms with E-state index in [2.05, 4.69) is 21.6 Å². The van der Waals surface area contributed by atoms with Crippen LogP contribution < -0.4 is 4.74 Å². The second-order valence-corrected chi connectivity index (χ2v) is 9.07. The second-order valence-electron chi connectivity index (χ2n) is 7.00. The zero-order valence-electron chi connectivity index (χ0n) is 17.6. The van der Waals surface area contributed by atoms with Crippen molar-refractivity contribution in [2.24, 2.45) is 0 Å². The van der Waals surface area contributed by atoms with Crippen LogP contribution in [0, 0.1) is 18.8 Å². The number of rotatable bonds is 6. The van der Waals surface area contributed by atoms with Crippen molar-refractivity contribution >= 4 is 21.5 Å². The summed E-state index contributed by atoms with van der Waals surface area (Å²) in [5.41, 5.74) is 1.85. The standard InChI is InChI=1S/C22H19F3N2O5S/c1-3-31-21(28)14-33(29,30)13-18-19(27-12-15(2)7-10-20(27)26-18)9-8-16-5-4-6-17(11-16)32-22(23,24)25/h4-7,10-12H,3,13-14H2,1-2H3. The third-order valence-corrected chi connectivity index (χ3v) is 5.62. The van der Waals surface area contributed by atoms with Gasteiger partial charge in [0.15, 0.2) is 9.84 Å². The zero-order chi connectivity index (χ0) is 24.2. The molecule has 2 aromatic heterocycles. The summed E-state index contributed by atoms with van der Waals surface area (Å²) in [5, 5.41) is 0. The van der Waals surface area contributed by atoms with Crippen molar-refractivity contribution in [2.75, 3.05) is 12.4 Å². The van der Waals surface area contributed by atoms with Gasteiger partial charge in [-0.15, -0.1) is 13.2 Å². The number of pyridine rings is 1. The fraction of sp³-hybridized carbons (Fsp3) is 0.273. The van der Waals surface area contributed by atoms with Crippen LogP contribution in [0.15, 0.2) is 42.6 Å². The number of alkyl halides is 3. The van der Waals surface area contributed by atoms with Crippen molar-refractivity contribution in [3.63, 3.8) is 0 Å². The minimum atomic E-state index is -4.84. The molecule has 0 radical (unpaired) electrons. The van der Waals surface area contributed by atoms with E-state index >= 15 is 0 Å². The minimum absolute atomic E-state index is 0.0514. The average molecular weight is 480 g/mol. The second kappa shape index (κ2) is 9.54. The van der Waals surface area contributed by atoms with Crippen LogP contribution in [-0.4, -0.2) is 42.5 Å². The Balaban J connectivity index is 2.00. The van der Waals surface area contributed by atoms with Gasteiger partial charge in [0.05, 0.1) is 18.1 Å². The smallest absolute Gasteiger partial charge is 0.465 e. The molecule has 0 aliphatic rings. The number of ether oxygens (including phenoxy) is 2. The summed E-state index contributed by atoms with van der Waals surface area (Å²) in [5.74, 6) is 2.86. The Labute approximate surface area is 188 Å². The largest absolute Gasteiger partial charge is 0.573 e. The molecule has 1 aromatic carbocycles. The molecule has 0 saturated carbocycles. The Hall–Kier alpha value is -3.52. The quantitative estimate of drug-likeness (QED) is 0.397. The van der Waals surface area contributed by atoms with Crippen molar-refractivity contribution in [1.82, 2.24) is 9.38 Å². The number of carbonyl (C=O) groups is 1. The van der Waals surface area contributed by atoms with E-state index < -0.39 is 39.4 Å². The lowest BCUT2D eigenvalue weighted by molar-refractivity contribution is -0.274. The van der Waals surface area contributed by atoms with Crippen molar-refractivity contribution in [2.45, 2.75) is 26.0 Å². The van der Waals surface area contributed by atoms with Gasteiger partial charge in [-0.3, -0.25) is 9.20 Å². The lowest BCUT2D eigenvalue weighted by atomic mass is 10.2. The molecule has 0 atom stereocenters. The summed E-state index contributed by atoms with van der Waals surface area (Å²) in [6.07, 6.45) is -3.14. The minimum Gasteiger partial charge on any atom is -0.465 e. The molecule has 174 valence electrons. The highest BCUT2D eigenvalue weighted by Gasteiger charge is 2.31. The van der Waals surface area contributed by atoms with Crippen LogP contribution in [0.2, 0.25) is 0 Å². The van der Waals surface area contributed by atoms with E-state index in [1.165, 1.54) is 12.1 Å². The molecule has 0 aliphatic heterocycles. The Morgan fingerprint density at radius 1 is 1.18 bits per heavy atom. The van der Waals surface area contributed by atoms with Crippen LogP contribution >= 0.6 is 0 Å². The Morgan fingerprint density at radius 3 is 2.64 bits per heavy atom. The van der Waals surface area contributed by atoms with Gasteiger partial charge in [0, 0.05) is 11.8 Å². The highest BCUT2D eigenvalue weighted by Crippen LogP contribution is 2.23. The van der Waals surface area contributed by atoms with Gasteiger partial charge < -0.3 is 9.47 Å². The number of aromatic nitrogens is 2. The van der Waals surface area contributed by atoms with Gasteiger partial charge in [-0.25, -0.2) is 13.4 Å². The number of esters is 1. The number of imidazole rings is 1. The maximum absolute atomic E-state index is 12.5. The molecule has 0 unspecified atom stereocenters. The topological polar surface area (TPSA) is 87.0 Å². The molecule has 0 saturated heterocycles. The van der Waals surface area contributed by atoms with Gasteiger partial charge in [0.1, 0.15) is 22.8 Å². The zero-order valence-corrected chi connectivity index (χ0v) is 18.5. The number of hydrogen-bond donors (Lipinski definition) is 0. The summed E-state index contributed by atoms with van der Waals surface area (Å²) in [4.78, 5) is 16.0. The third kappa shape index (κ3) is 6.73. The van der Waals surface area contributed by atoms with Crippen LogP contribution in [0.4, 0.5) is 13.2 Å². The molecule has 11 heteroatoms. The maximum Gasteiger partial charge on any atom is 0.573 e. The van der Waals surface area contributed by atoms with E-state index in [4.69, 9.17) is 4.74 Å². The normalized spacial score (nSPS) is 11.7. The number of aryl methyl sites for hydroxylation is 1. The van der Waals surface area contributed by atoms with Crippen molar-refractivity contribution in [3.05, 3.63) is 65.1 Å². The van der Waals surface area contributed by atoms with Crippen LogP contribution in [0.3, 0.4) is 0 Å². The van der Waals surface area contributed by atoms with Crippen molar-refractivity contribution in [3.8, 4) is 17.6 Å². The molecule has 33 heavy (non-hydrogen) atoms. The fourth-order valence-corrected chi connectivity index (χ4v) is 4.14. The first-order valence-electron chi connectivity index (χ1n) is 9.67. The van der Waals surface area contributed by atoms with E-state index in [9.17, 15) is 26.4 Å². The predicted octanol–water partition coefficient (Wildman–Crippen LogP) is 3.42. The van der Waals surface area contributed by atoms with Crippen molar-refractivity contribution < 1.29 is 35.9 Å². The first-order chi connectivity index (χ1) is 15.5. The van der Waals surface area contributed by atoms with Crippen molar-refractivity contribution in [1.29, 1.82) is 0 Å². The number of benzene rings is 1. The SMILES string of the molecule is CCOC(=O)CS(=O)(=O)Cc1nc2ccc(C)cn2c1C#Cc1cccc(OC(F)(F)F)c1. The molecule has 0 aliphatic carbocycles. The summed E-state index contributed by atoms with van der Waals surface area (Å²) in [6, 6.07) is 8.57. The van der Waals surface area contributed by atoms with Gasteiger partial charge in [-0.05, 0) is 49.6 Å². The molecule has 3 rings (SSSR count). The van der Waals surface area contributed by atoms with E-state index in [1.807, 2.05) is 6.92 Å². The van der Waals surface area contributed by atoms with Gasteiger partial charge in [0.2, 0.25) is 0 Å². The van der Waals surface area contributed by atoms with E-state index in [1.54, 1.807) is 29.7 Å². The van der Waals surface area contributed by atoms with E-state index in [0.717, 1.165) is 17.7 Å². The van der Waals surface area contributed by atoms with Crippen LogP contribution in [0.5, 0.6) is 5.75 Å². The summed E-state index contributed by atoms with van der Waals surface area (Å²) in [7, 11) is -3.91. The van der Waals surface area contributed by atoms with Crippen LogP contribution in [0.25, 0.3) is 5.65 Å². The van der Waals surface area contributed by atoms with E-state index in [-0.39, 0.29) is 23.6 Å². The van der Waals surface area contributed by atoms with E-state index in [0.29, 0.717) is 5.65 Å². The molecule has 3 aromatic rings. The molecule has 0 spiro atoms. The number of fused-ring (bicyclic) bond motifs is 1. The Kier molecular flexibility index (Phi) is 6.98. The summed E-state index contributed by atoms with van der Waals surface area (Å²) < 4.78 is 72.7. The third-order valence-electron chi connectivity index (χ3n) is 4.23. The predicted molar refractivity (Wildman–Crippen MR) is 113 cm³/mol. The number of sulfone groups is 1. The Morgan fingerprint density at radius 2 is 1.94 bits per heavy atom. The molecule has 7 nitrogen and oxygen atoms in total. The molecule has 0 fully saturated rings. The molecule has 0 N–H and O–H groups in total. The first kappa shape index (κ1) is 24.1. The molecule has 0 bridgehead atoms. The number of halogens is 3. The first-order valence-corrected chi connectivity index (χ1v) is 11.5. The number of hydrogen-bond acceptors (Lipinski definition) is 6. The summed E-state index contributed by atoms with van der Waals surface area (Å²) >= 11 is 0. The number of nitrogens with zero attached hydrogens (tertiary/aromatic N) is 2. The lowest BCUT2D eigenvalue weighted by Gasteiger charge is -2.08. The molecular weight excluding hydrogens is 461 g/mol. The summed E-state index contributed by atoms with van der Waals surface area (Å²) in [6.45, 7) is 3.44. The highest BCUT2D eigenvalue weighted by atomic mass is 32.2. The van der Waals surface area contributed by atoms with Gasteiger partial charge in [-0.2, -0.15) is 0 Å². The molecule has 2 heterocycles. The lowest BCUT2D eigenvalue weighted by Crippen LogP contribution is -2.20. The van der Waals surface area contributed by atoms with Gasteiger partial charge in [0.25, 0.3) is 0 Å². The van der Waals surface area contributed by atoms with Gasteiger partial charge in [-0.1, -0.05) is 18.1 Å². The van der Waals surface area contributed by atoms with Crippen LogP contribution in [0.1, 0.15) is 29.4 Å². The molecular formula is C22H19F3N2O5S. The Bertz CT molecular complexity index is 1350. The maximum atomic E-state index is 12.5. The fourth-order valence-electron chi connectivity index (χ4n) is 2.98. The van der Waals surface area contributed by atoms with Crippen LogP contribution in [-0.2, 0) is 25.1 Å². The number of carbonyl (C=O) groups excluding carboxylic acids is 1. The highest BCUT2D eigenvalue weighted by molar-refractivity contribution is 7.91. The van der Waals surface area contributed by atoms with Gasteiger partial charge >= 0.3 is 12.3 Å². The monoisotopic (exact) mass is 480 g/mol. The average Bonchev–Trinajstić information content (AvgIpc) is 3.00. The molecule has 0 amide bonds.